The number of benzene rings is 3. The Kier molecular flexibility index (Phi) is 17.7. The number of amides is 1. The Balaban J connectivity index is 1.44. The molecule has 16 nitrogen and oxygen atoms in total. The molecule has 4 rings (SSSR count). The van der Waals surface area contributed by atoms with Crippen LogP contribution < -0.4 is 5.32 Å². The van der Waals surface area contributed by atoms with Crippen LogP contribution in [0.15, 0.2) is 84.9 Å². The molecule has 0 saturated carbocycles. The summed E-state index contributed by atoms with van der Waals surface area (Å²) in [5, 5.41) is 59.1. The van der Waals surface area contributed by atoms with Crippen molar-refractivity contribution in [2.24, 2.45) is 0 Å². The van der Waals surface area contributed by atoms with Gasteiger partial charge >= 0.3 is 5.97 Å². The molecule has 0 spiro atoms. The second-order valence-corrected chi connectivity index (χ2v) is 13.6. The molecule has 7 N–H and O–H groups in total. The second kappa shape index (κ2) is 22.3. The van der Waals surface area contributed by atoms with E-state index >= 15 is 0 Å². The number of aromatic nitrogens is 1. The van der Waals surface area contributed by atoms with Crippen molar-refractivity contribution in [2.45, 2.75) is 83.3 Å². The molecule has 1 aromatic heterocycles. The summed E-state index contributed by atoms with van der Waals surface area (Å²) >= 11 is 0. The lowest BCUT2D eigenvalue weighted by atomic mass is 9.94. The quantitative estimate of drug-likeness (QED) is 0.0262. The van der Waals surface area contributed by atoms with Crippen LogP contribution in [0.25, 0.3) is 22.4 Å². The van der Waals surface area contributed by atoms with E-state index < -0.39 is 47.0 Å². The van der Waals surface area contributed by atoms with E-state index in [4.69, 9.17) is 30.3 Å². The molecule has 0 aliphatic heterocycles. The van der Waals surface area contributed by atoms with Crippen molar-refractivity contribution in [1.82, 2.24) is 15.3 Å². The monoisotopic (exact) mass is 798 g/mol. The van der Waals surface area contributed by atoms with Gasteiger partial charge in [-0.3, -0.25) is 30.4 Å². The summed E-state index contributed by atoms with van der Waals surface area (Å²) in [6, 6.07) is 24.5. The third-order valence-corrected chi connectivity index (χ3v) is 8.91. The molecular formula is C40H51FN4O12. The summed E-state index contributed by atoms with van der Waals surface area (Å²) in [6.07, 6.45) is -4.66. The van der Waals surface area contributed by atoms with E-state index in [1.165, 1.54) is 19.1 Å². The Bertz CT molecular complexity index is 1830. The molecule has 17 heteroatoms. The van der Waals surface area contributed by atoms with Gasteiger partial charge in [0, 0.05) is 36.5 Å². The number of anilines is 1. The number of hydrogen-bond donors (Lipinski definition) is 7. The van der Waals surface area contributed by atoms with Gasteiger partial charge in [0.2, 0.25) is 0 Å². The first kappa shape index (κ1) is 45.1. The minimum atomic E-state index is -1.22. The van der Waals surface area contributed by atoms with Crippen LogP contribution in [0.5, 0.6) is 0 Å². The number of rotatable bonds is 23. The van der Waals surface area contributed by atoms with Crippen molar-refractivity contribution >= 4 is 17.6 Å². The van der Waals surface area contributed by atoms with Gasteiger partial charge in [-0.1, -0.05) is 62.4 Å². The normalized spacial score (nSPS) is 13.8. The zero-order valence-electron chi connectivity index (χ0n) is 32.0. The lowest BCUT2D eigenvalue weighted by Crippen LogP contribution is -2.40. The van der Waals surface area contributed by atoms with Gasteiger partial charge in [-0.2, -0.15) is 0 Å². The van der Waals surface area contributed by atoms with Gasteiger partial charge < -0.3 is 29.6 Å². The van der Waals surface area contributed by atoms with Gasteiger partial charge in [0.1, 0.15) is 18.0 Å². The minimum absolute atomic E-state index is 0.0409. The number of aliphatic hydroxyl groups is 2. The van der Waals surface area contributed by atoms with E-state index in [0.717, 1.165) is 5.56 Å². The van der Waals surface area contributed by atoms with Crippen LogP contribution in [0, 0.1) is 5.82 Å². The number of carbonyl (C=O) groups excluding carboxylic acids is 2. The fraction of sp³-hybridized carbons (Fsp3) is 0.400. The Morgan fingerprint density at radius 1 is 0.807 bits per heavy atom. The van der Waals surface area contributed by atoms with Gasteiger partial charge in [0.15, 0.2) is 0 Å². The van der Waals surface area contributed by atoms with Crippen LogP contribution >= 0.6 is 0 Å². The maximum absolute atomic E-state index is 14.3. The molecule has 0 bridgehead atoms. The molecule has 310 valence electrons. The summed E-state index contributed by atoms with van der Waals surface area (Å²) in [5.74, 6) is -1.61. The second-order valence-electron chi connectivity index (χ2n) is 13.6. The number of nitrogens with one attached hydrogen (secondary N) is 1. The van der Waals surface area contributed by atoms with Gasteiger partial charge in [0.05, 0.1) is 53.9 Å². The number of halogens is 1. The Morgan fingerprint density at radius 2 is 1.44 bits per heavy atom. The smallest absolute Gasteiger partial charge is 0.308 e. The first-order chi connectivity index (χ1) is 27.2. The molecular weight excluding hydrogens is 747 g/mol. The fourth-order valence-corrected chi connectivity index (χ4v) is 6.39. The van der Waals surface area contributed by atoms with Crippen molar-refractivity contribution in [1.29, 1.82) is 0 Å². The number of ether oxygens (including phenoxy) is 2. The number of carbonyl (C=O) groups is 2. The van der Waals surface area contributed by atoms with E-state index in [-0.39, 0.29) is 63.9 Å². The third-order valence-electron chi connectivity index (χ3n) is 8.91. The molecule has 1 amide bonds. The fourth-order valence-electron chi connectivity index (χ4n) is 6.39. The van der Waals surface area contributed by atoms with Crippen LogP contribution in [0.3, 0.4) is 0 Å². The molecule has 3 aromatic carbocycles. The highest BCUT2D eigenvalue weighted by Gasteiger charge is 2.31. The van der Waals surface area contributed by atoms with Gasteiger partial charge in [-0.15, -0.1) is 0 Å². The predicted molar refractivity (Wildman–Crippen MR) is 202 cm³/mol. The molecule has 0 saturated heterocycles. The van der Waals surface area contributed by atoms with Gasteiger partial charge in [-0.05, 0) is 73.2 Å². The number of aliphatic hydroxyl groups excluding tert-OH is 2. The maximum atomic E-state index is 14.3. The molecule has 0 radical (unpaired) electrons. The highest BCUT2D eigenvalue weighted by molar-refractivity contribution is 6.12. The topological polar surface area (TPSA) is 216 Å². The van der Waals surface area contributed by atoms with Crippen molar-refractivity contribution in [3.8, 4) is 22.4 Å². The summed E-state index contributed by atoms with van der Waals surface area (Å²) in [5.41, 5.74) is 4.52. The van der Waals surface area contributed by atoms with Crippen LogP contribution in [0.1, 0.15) is 68.4 Å². The average molecular weight is 799 g/mol. The number of para-hydroxylation sites is 1. The van der Waals surface area contributed by atoms with Crippen LogP contribution in [-0.2, 0) is 30.5 Å². The standard InChI is InChI=1S/C40H51FN4O12/c1-26(2)38-37(40(49)42-31-13-8-5-9-14-31)36(28-11-6-4-7-12-28)39(29-15-17-30(41)18-16-29)43(38)20-19-32(46)23-33(47)24-35(48)55-22-10-21-54-25-34(57-45(52)53)27(3)56-44(50)51/h4-9,11-18,26-27,32-34,46-47,50-53H,10,19-25H2,1-3H3,(H,42,49). The molecule has 0 aliphatic carbocycles. The largest absolute Gasteiger partial charge is 0.466 e. The highest BCUT2D eigenvalue weighted by Crippen LogP contribution is 2.42. The molecule has 4 unspecified atom stereocenters. The SMILES string of the molecule is CC(C)c1c(C(=O)Nc2ccccc2)c(-c2ccccc2)c(-c2ccc(F)cc2)n1CCC(O)CC(O)CC(=O)OCCCOCC(ON(O)O)C(C)ON(O)O. The van der Waals surface area contributed by atoms with Crippen molar-refractivity contribution in [3.63, 3.8) is 0 Å². The Morgan fingerprint density at radius 3 is 2.05 bits per heavy atom. The number of hydrogen-bond acceptors (Lipinski definition) is 14. The lowest BCUT2D eigenvalue weighted by Gasteiger charge is -2.24. The Hall–Kier alpha value is -4.63. The summed E-state index contributed by atoms with van der Waals surface area (Å²) in [4.78, 5) is 35.9. The zero-order valence-corrected chi connectivity index (χ0v) is 32.0. The van der Waals surface area contributed by atoms with E-state index in [0.29, 0.717) is 33.8 Å². The molecule has 0 fully saturated rings. The van der Waals surface area contributed by atoms with E-state index in [2.05, 4.69) is 15.0 Å². The van der Waals surface area contributed by atoms with E-state index in [1.807, 2.05) is 66.9 Å². The van der Waals surface area contributed by atoms with Gasteiger partial charge in [0.25, 0.3) is 5.91 Å². The molecule has 4 atom stereocenters. The lowest BCUT2D eigenvalue weighted by molar-refractivity contribution is -0.538. The van der Waals surface area contributed by atoms with Gasteiger partial charge in [-0.25, -0.2) is 14.1 Å². The summed E-state index contributed by atoms with van der Waals surface area (Å²) in [7, 11) is 0. The van der Waals surface area contributed by atoms with Crippen LogP contribution in [0.4, 0.5) is 10.1 Å². The van der Waals surface area contributed by atoms with Crippen molar-refractivity contribution in [2.75, 3.05) is 25.1 Å². The number of esters is 1. The Labute approximate surface area is 329 Å². The summed E-state index contributed by atoms with van der Waals surface area (Å²) in [6.45, 7) is 5.22. The minimum Gasteiger partial charge on any atom is -0.466 e. The zero-order chi connectivity index (χ0) is 41.5. The third kappa shape index (κ3) is 13.8. The van der Waals surface area contributed by atoms with Crippen molar-refractivity contribution < 1.29 is 64.2 Å². The van der Waals surface area contributed by atoms with Crippen molar-refractivity contribution in [3.05, 3.63) is 102 Å². The van der Waals surface area contributed by atoms with Crippen LogP contribution in [-0.4, -0.2) is 103 Å². The molecule has 57 heavy (non-hydrogen) atoms. The highest BCUT2D eigenvalue weighted by atomic mass is 19.1. The van der Waals surface area contributed by atoms with E-state index in [9.17, 15) is 24.2 Å². The molecule has 0 aliphatic rings. The predicted octanol–water partition coefficient (Wildman–Crippen LogP) is 5.96. The first-order valence-corrected chi connectivity index (χ1v) is 18.5. The molecule has 4 aromatic rings. The first-order valence-electron chi connectivity index (χ1n) is 18.5. The summed E-state index contributed by atoms with van der Waals surface area (Å²) < 4.78 is 26.7. The average Bonchev–Trinajstić information content (AvgIpc) is 3.51. The van der Waals surface area contributed by atoms with E-state index in [1.54, 1.807) is 24.3 Å². The maximum Gasteiger partial charge on any atom is 0.308 e. The van der Waals surface area contributed by atoms with Crippen LogP contribution in [0.2, 0.25) is 0 Å². The number of nitrogens with zero attached hydrogens (tertiary/aromatic N) is 3. The molecule has 1 heterocycles.